The largest absolute Gasteiger partial charge is 0.488 e. The first-order chi connectivity index (χ1) is 9.47. The number of hydrogen-bond donors (Lipinski definition) is 2. The molecule has 6 heteroatoms. The summed E-state index contributed by atoms with van der Waals surface area (Å²) in [5, 5.41) is 0. The van der Waals surface area contributed by atoms with E-state index >= 15 is 0 Å². The van der Waals surface area contributed by atoms with Crippen LogP contribution in [0, 0.1) is 6.92 Å². The summed E-state index contributed by atoms with van der Waals surface area (Å²) in [5.74, 6) is 0.785. The van der Waals surface area contributed by atoms with E-state index in [4.69, 9.17) is 10.5 Å². The average molecular weight is 298 g/mol. The highest BCUT2D eigenvalue weighted by Crippen LogP contribution is 2.34. The molecular weight excluding hydrogens is 276 g/mol. The molecule has 1 aromatic rings. The van der Waals surface area contributed by atoms with Gasteiger partial charge in [0.25, 0.3) is 0 Å². The molecule has 1 aromatic carbocycles. The standard InChI is InChI=1S/C14H22N2O3S/c1-3-4-5-16-20(17,18)13-6-10(2)14-11(8-13)7-12(9-15)19-14/h6,8,12,16H,3-5,7,9,15H2,1-2H3. The lowest BCUT2D eigenvalue weighted by molar-refractivity contribution is 0.240. The van der Waals surface area contributed by atoms with Crippen LogP contribution in [0.3, 0.4) is 0 Å². The summed E-state index contributed by atoms with van der Waals surface area (Å²) in [6, 6.07) is 3.36. The lowest BCUT2D eigenvalue weighted by Crippen LogP contribution is -2.25. The quantitative estimate of drug-likeness (QED) is 0.776. The molecule has 5 nitrogen and oxygen atoms in total. The summed E-state index contributed by atoms with van der Waals surface area (Å²) in [7, 11) is -3.44. The van der Waals surface area contributed by atoms with Gasteiger partial charge in [-0.1, -0.05) is 13.3 Å². The Morgan fingerprint density at radius 1 is 1.45 bits per heavy atom. The molecule has 1 unspecified atom stereocenters. The van der Waals surface area contributed by atoms with Crippen molar-refractivity contribution in [3.05, 3.63) is 23.3 Å². The molecule has 112 valence electrons. The highest BCUT2D eigenvalue weighted by molar-refractivity contribution is 7.89. The van der Waals surface area contributed by atoms with Gasteiger partial charge in [0, 0.05) is 19.5 Å². The third kappa shape index (κ3) is 3.13. The third-order valence-corrected chi connectivity index (χ3v) is 4.89. The minimum absolute atomic E-state index is 0.0466. The normalized spacial score (nSPS) is 17.9. The number of hydrogen-bond acceptors (Lipinski definition) is 4. The van der Waals surface area contributed by atoms with Gasteiger partial charge in [-0.3, -0.25) is 0 Å². The lowest BCUT2D eigenvalue weighted by atomic mass is 10.1. The van der Waals surface area contributed by atoms with Crippen LogP contribution in [0.15, 0.2) is 17.0 Å². The van der Waals surface area contributed by atoms with E-state index in [9.17, 15) is 8.42 Å². The van der Waals surface area contributed by atoms with E-state index in [1.54, 1.807) is 12.1 Å². The van der Waals surface area contributed by atoms with Crippen LogP contribution in [0.1, 0.15) is 30.9 Å². The molecule has 0 spiro atoms. The topological polar surface area (TPSA) is 81.4 Å². The predicted octanol–water partition coefficient (Wildman–Crippen LogP) is 1.34. The molecule has 0 saturated carbocycles. The average Bonchev–Trinajstić information content (AvgIpc) is 2.82. The van der Waals surface area contributed by atoms with Crippen molar-refractivity contribution in [1.29, 1.82) is 0 Å². The van der Waals surface area contributed by atoms with Crippen molar-refractivity contribution in [2.75, 3.05) is 13.1 Å². The molecule has 1 aliphatic rings. The second kappa shape index (κ2) is 6.11. The van der Waals surface area contributed by atoms with Crippen molar-refractivity contribution in [2.24, 2.45) is 5.73 Å². The van der Waals surface area contributed by atoms with Gasteiger partial charge in [-0.25, -0.2) is 13.1 Å². The van der Waals surface area contributed by atoms with Crippen LogP contribution < -0.4 is 15.2 Å². The first-order valence-corrected chi connectivity index (χ1v) is 8.46. The zero-order chi connectivity index (χ0) is 14.8. The van der Waals surface area contributed by atoms with Gasteiger partial charge in [0.05, 0.1) is 4.90 Å². The van der Waals surface area contributed by atoms with Crippen LogP contribution >= 0.6 is 0 Å². The zero-order valence-corrected chi connectivity index (χ0v) is 12.8. The van der Waals surface area contributed by atoms with Gasteiger partial charge in [-0.05, 0) is 36.6 Å². The SMILES string of the molecule is CCCCNS(=O)(=O)c1cc(C)c2c(c1)CC(CN)O2. The summed E-state index contributed by atoms with van der Waals surface area (Å²) in [6.45, 7) is 4.79. The summed E-state index contributed by atoms with van der Waals surface area (Å²) < 4.78 is 32.8. The van der Waals surface area contributed by atoms with E-state index in [1.165, 1.54) is 0 Å². The molecule has 0 aromatic heterocycles. The number of ether oxygens (including phenoxy) is 1. The van der Waals surface area contributed by atoms with E-state index in [1.807, 2.05) is 13.8 Å². The highest BCUT2D eigenvalue weighted by Gasteiger charge is 2.26. The molecule has 0 aliphatic carbocycles. The molecule has 1 atom stereocenters. The van der Waals surface area contributed by atoms with Crippen molar-refractivity contribution < 1.29 is 13.2 Å². The number of nitrogens with two attached hydrogens (primary N) is 1. The Kier molecular flexibility index (Phi) is 4.67. The van der Waals surface area contributed by atoms with Crippen LogP contribution in [0.2, 0.25) is 0 Å². The van der Waals surface area contributed by atoms with Crippen molar-refractivity contribution in [2.45, 2.75) is 44.1 Å². The Morgan fingerprint density at radius 3 is 2.85 bits per heavy atom. The molecule has 0 radical (unpaired) electrons. The van der Waals surface area contributed by atoms with E-state index in [0.717, 1.165) is 29.7 Å². The fourth-order valence-electron chi connectivity index (χ4n) is 2.34. The van der Waals surface area contributed by atoms with Crippen molar-refractivity contribution in [3.8, 4) is 5.75 Å². The lowest BCUT2D eigenvalue weighted by Gasteiger charge is -2.10. The number of aryl methyl sites for hydroxylation is 1. The van der Waals surface area contributed by atoms with Crippen molar-refractivity contribution >= 4 is 10.0 Å². The van der Waals surface area contributed by atoms with Gasteiger partial charge in [0.1, 0.15) is 11.9 Å². The monoisotopic (exact) mass is 298 g/mol. The number of fused-ring (bicyclic) bond motifs is 1. The number of nitrogens with one attached hydrogen (secondary N) is 1. The highest BCUT2D eigenvalue weighted by atomic mass is 32.2. The maximum atomic E-state index is 12.2. The number of benzene rings is 1. The zero-order valence-electron chi connectivity index (χ0n) is 12.0. The van der Waals surface area contributed by atoms with E-state index in [2.05, 4.69) is 4.72 Å². The Bertz CT molecular complexity index is 584. The summed E-state index contributed by atoms with van der Waals surface area (Å²) in [5.41, 5.74) is 7.38. The Morgan fingerprint density at radius 2 is 2.20 bits per heavy atom. The van der Waals surface area contributed by atoms with Gasteiger partial charge >= 0.3 is 0 Å². The van der Waals surface area contributed by atoms with Crippen LogP contribution in [-0.2, 0) is 16.4 Å². The molecular formula is C14H22N2O3S. The van der Waals surface area contributed by atoms with E-state index < -0.39 is 10.0 Å². The molecule has 3 N–H and O–H groups in total. The summed E-state index contributed by atoms with van der Waals surface area (Å²) in [4.78, 5) is 0.311. The molecule has 1 aliphatic heterocycles. The van der Waals surface area contributed by atoms with Gasteiger partial charge in [-0.2, -0.15) is 0 Å². The minimum atomic E-state index is -3.44. The van der Waals surface area contributed by atoms with Crippen molar-refractivity contribution in [1.82, 2.24) is 4.72 Å². The van der Waals surface area contributed by atoms with Gasteiger partial charge in [0.2, 0.25) is 10.0 Å². The maximum absolute atomic E-state index is 12.2. The van der Waals surface area contributed by atoms with Crippen molar-refractivity contribution in [3.63, 3.8) is 0 Å². The molecule has 0 bridgehead atoms. The molecule has 20 heavy (non-hydrogen) atoms. The van der Waals surface area contributed by atoms with Crippen LogP contribution in [0.5, 0.6) is 5.75 Å². The van der Waals surface area contributed by atoms with E-state index in [0.29, 0.717) is 24.4 Å². The molecule has 2 rings (SSSR count). The number of unbranched alkanes of at least 4 members (excludes halogenated alkanes) is 1. The predicted molar refractivity (Wildman–Crippen MR) is 78.4 cm³/mol. The third-order valence-electron chi connectivity index (χ3n) is 3.45. The first kappa shape index (κ1) is 15.3. The number of rotatable bonds is 6. The fraction of sp³-hybridized carbons (Fsp3) is 0.571. The number of sulfonamides is 1. The summed E-state index contributed by atoms with van der Waals surface area (Å²) >= 11 is 0. The van der Waals surface area contributed by atoms with E-state index in [-0.39, 0.29) is 6.10 Å². The first-order valence-electron chi connectivity index (χ1n) is 6.98. The molecule has 0 saturated heterocycles. The minimum Gasteiger partial charge on any atom is -0.488 e. The second-order valence-electron chi connectivity index (χ2n) is 5.16. The molecule has 0 amide bonds. The van der Waals surface area contributed by atoms with Gasteiger partial charge < -0.3 is 10.5 Å². The second-order valence-corrected chi connectivity index (χ2v) is 6.93. The Hall–Kier alpha value is -1.11. The summed E-state index contributed by atoms with van der Waals surface area (Å²) in [6.07, 6.45) is 2.42. The van der Waals surface area contributed by atoms with Gasteiger partial charge in [0.15, 0.2) is 0 Å². The molecule has 0 fully saturated rings. The maximum Gasteiger partial charge on any atom is 0.240 e. The Labute approximate surface area is 120 Å². The molecule has 1 heterocycles. The van der Waals surface area contributed by atoms with Crippen LogP contribution in [0.4, 0.5) is 0 Å². The van der Waals surface area contributed by atoms with Crippen LogP contribution in [-0.4, -0.2) is 27.6 Å². The fourth-order valence-corrected chi connectivity index (χ4v) is 3.55. The van der Waals surface area contributed by atoms with Crippen LogP contribution in [0.25, 0.3) is 0 Å². The smallest absolute Gasteiger partial charge is 0.240 e. The Balaban J connectivity index is 2.25. The van der Waals surface area contributed by atoms with Gasteiger partial charge in [-0.15, -0.1) is 0 Å².